The van der Waals surface area contributed by atoms with Gasteiger partial charge in [0, 0.05) is 12.0 Å². The molecule has 1 aromatic rings. The van der Waals surface area contributed by atoms with Crippen LogP contribution < -0.4 is 4.74 Å². The summed E-state index contributed by atoms with van der Waals surface area (Å²) in [5.41, 5.74) is -2.41. The number of rotatable bonds is 2. The van der Waals surface area contributed by atoms with Gasteiger partial charge in [-0.2, -0.15) is 13.2 Å². The molecule has 3 aliphatic rings. The molecule has 2 bridgehead atoms. The number of aromatic nitrogens is 2. The van der Waals surface area contributed by atoms with Crippen LogP contribution in [0.3, 0.4) is 0 Å². The zero-order valence-corrected chi connectivity index (χ0v) is 14.9. The van der Waals surface area contributed by atoms with Crippen molar-refractivity contribution in [2.75, 3.05) is 6.54 Å². The van der Waals surface area contributed by atoms with Crippen molar-refractivity contribution in [3.8, 4) is 5.88 Å². The minimum Gasteiger partial charge on any atom is -0.467 e. The van der Waals surface area contributed by atoms with Crippen LogP contribution in [-0.4, -0.2) is 44.3 Å². The molecule has 3 heterocycles. The van der Waals surface area contributed by atoms with Crippen molar-refractivity contribution in [2.45, 2.75) is 57.9 Å². The predicted octanol–water partition coefficient (Wildman–Crippen LogP) is 3.82. The highest BCUT2D eigenvalue weighted by Gasteiger charge is 2.60. The fraction of sp³-hybridized carbons (Fsp3) is 0.706. The first kappa shape index (κ1) is 18.7. The number of hydrogen-bond acceptors (Lipinski definition) is 4. The van der Waals surface area contributed by atoms with E-state index in [4.69, 9.17) is 4.74 Å². The van der Waals surface area contributed by atoms with Crippen LogP contribution in [0.15, 0.2) is 12.4 Å². The first-order valence-electron chi connectivity index (χ1n) is 8.52. The van der Waals surface area contributed by atoms with E-state index in [0.717, 1.165) is 12.6 Å². The SMILES string of the molecule is CC(C)(C)[C@@]1(Oc2cnc(C(F)(F)F)cn2)C[C@H]2CC[C@@H]1N(C(=O)O)C2. The molecule has 1 N–H and O–H groups in total. The van der Waals surface area contributed by atoms with Crippen LogP contribution >= 0.6 is 0 Å². The van der Waals surface area contributed by atoms with Crippen molar-refractivity contribution in [2.24, 2.45) is 11.3 Å². The average Bonchev–Trinajstić information content (AvgIpc) is 2.53. The maximum Gasteiger partial charge on any atom is 0.434 e. The number of halogens is 3. The second kappa shape index (κ2) is 5.99. The second-order valence-corrected chi connectivity index (χ2v) is 8.08. The fourth-order valence-electron chi connectivity index (χ4n) is 4.24. The smallest absolute Gasteiger partial charge is 0.434 e. The van der Waals surface area contributed by atoms with Crippen molar-refractivity contribution < 1.29 is 27.8 Å². The van der Waals surface area contributed by atoms with Crippen LogP contribution in [0.4, 0.5) is 18.0 Å². The summed E-state index contributed by atoms with van der Waals surface area (Å²) in [7, 11) is 0. The lowest BCUT2D eigenvalue weighted by Crippen LogP contribution is -2.70. The van der Waals surface area contributed by atoms with E-state index >= 15 is 0 Å². The van der Waals surface area contributed by atoms with Crippen molar-refractivity contribution in [1.29, 1.82) is 0 Å². The van der Waals surface area contributed by atoms with E-state index < -0.39 is 29.0 Å². The Morgan fingerprint density at radius 3 is 2.42 bits per heavy atom. The van der Waals surface area contributed by atoms with E-state index in [0.29, 0.717) is 25.6 Å². The highest BCUT2D eigenvalue weighted by atomic mass is 19.4. The van der Waals surface area contributed by atoms with E-state index in [-0.39, 0.29) is 17.8 Å². The molecule has 0 spiro atoms. The molecule has 9 heteroatoms. The number of carboxylic acid groups (broad SMARTS) is 1. The Hall–Kier alpha value is -2.06. The molecule has 26 heavy (non-hydrogen) atoms. The van der Waals surface area contributed by atoms with E-state index in [1.54, 1.807) is 0 Å². The van der Waals surface area contributed by atoms with E-state index in [1.807, 2.05) is 20.8 Å². The Balaban J connectivity index is 1.96. The third-order valence-corrected chi connectivity index (χ3v) is 5.53. The van der Waals surface area contributed by atoms with Crippen LogP contribution in [0.2, 0.25) is 0 Å². The van der Waals surface area contributed by atoms with Gasteiger partial charge in [-0.25, -0.2) is 14.8 Å². The molecule has 3 fully saturated rings. The quantitative estimate of drug-likeness (QED) is 0.853. The number of fused-ring (bicyclic) bond motifs is 3. The molecule has 6 nitrogen and oxygen atoms in total. The normalized spacial score (nSPS) is 28.9. The topological polar surface area (TPSA) is 75.6 Å². The molecular weight excluding hydrogens is 351 g/mol. The zero-order valence-electron chi connectivity index (χ0n) is 14.9. The van der Waals surface area contributed by atoms with Gasteiger partial charge in [-0.1, -0.05) is 20.8 Å². The molecule has 1 saturated carbocycles. The number of piperidine rings is 2. The van der Waals surface area contributed by atoms with Crippen molar-refractivity contribution >= 4 is 6.09 Å². The standard InChI is InChI=1S/C17H22F3N3O3/c1-15(2,3)16(6-10-4-5-12(16)23(9-10)14(24)25)26-13-8-21-11(7-22-13)17(18,19)20/h7-8,10,12H,4-6,9H2,1-3H3,(H,24,25)/t10-,12+,16-/m1/s1. The van der Waals surface area contributed by atoms with Gasteiger partial charge in [0.15, 0.2) is 5.69 Å². The van der Waals surface area contributed by atoms with Gasteiger partial charge in [-0.15, -0.1) is 0 Å². The van der Waals surface area contributed by atoms with E-state index in [2.05, 4.69) is 9.97 Å². The predicted molar refractivity (Wildman–Crippen MR) is 85.7 cm³/mol. The second-order valence-electron chi connectivity index (χ2n) is 8.08. The van der Waals surface area contributed by atoms with Gasteiger partial charge < -0.3 is 14.7 Å². The van der Waals surface area contributed by atoms with Crippen molar-refractivity contribution in [3.63, 3.8) is 0 Å². The van der Waals surface area contributed by atoms with Gasteiger partial charge >= 0.3 is 12.3 Å². The van der Waals surface area contributed by atoms with E-state index in [1.165, 1.54) is 4.90 Å². The lowest BCUT2D eigenvalue weighted by Gasteiger charge is -2.60. The van der Waals surface area contributed by atoms with Gasteiger partial charge in [-0.3, -0.25) is 0 Å². The minimum atomic E-state index is -4.57. The van der Waals surface area contributed by atoms with Gasteiger partial charge in [-0.05, 0) is 25.2 Å². The minimum absolute atomic E-state index is 0.0224. The van der Waals surface area contributed by atoms with Crippen LogP contribution in [0, 0.1) is 11.3 Å². The summed E-state index contributed by atoms with van der Waals surface area (Å²) in [5, 5.41) is 9.57. The molecule has 2 aliphatic heterocycles. The maximum absolute atomic E-state index is 12.7. The number of alkyl halides is 3. The highest BCUT2D eigenvalue weighted by Crippen LogP contribution is 2.52. The molecule has 1 aliphatic carbocycles. The highest BCUT2D eigenvalue weighted by molar-refractivity contribution is 5.66. The number of carbonyl (C=O) groups is 1. The molecule has 0 aromatic carbocycles. The first-order chi connectivity index (χ1) is 11.9. The van der Waals surface area contributed by atoms with Crippen molar-refractivity contribution in [1.82, 2.24) is 14.9 Å². The molecule has 4 rings (SSSR count). The number of amides is 1. The molecular formula is C17H22F3N3O3. The van der Waals surface area contributed by atoms with Crippen LogP contribution in [0.1, 0.15) is 45.7 Å². The van der Waals surface area contributed by atoms with Gasteiger partial charge in [0.05, 0.1) is 18.4 Å². The zero-order chi connectivity index (χ0) is 19.3. The maximum atomic E-state index is 12.7. The summed E-state index contributed by atoms with van der Waals surface area (Å²) in [4.78, 5) is 20.3. The number of hydrogen-bond donors (Lipinski definition) is 1. The molecule has 3 atom stereocenters. The summed E-state index contributed by atoms with van der Waals surface area (Å²) in [5.74, 6) is 0.128. The Labute approximate surface area is 149 Å². The van der Waals surface area contributed by atoms with Gasteiger partial charge in [0.1, 0.15) is 5.60 Å². The monoisotopic (exact) mass is 373 g/mol. The largest absolute Gasteiger partial charge is 0.467 e. The van der Waals surface area contributed by atoms with E-state index in [9.17, 15) is 23.1 Å². The average molecular weight is 373 g/mol. The third-order valence-electron chi connectivity index (χ3n) is 5.53. The first-order valence-corrected chi connectivity index (χ1v) is 8.52. The summed E-state index contributed by atoms with van der Waals surface area (Å²) in [6.07, 6.45) is -1.78. The summed E-state index contributed by atoms with van der Waals surface area (Å²) >= 11 is 0. The molecule has 0 unspecified atom stereocenters. The van der Waals surface area contributed by atoms with Crippen LogP contribution in [-0.2, 0) is 6.18 Å². The lowest BCUT2D eigenvalue weighted by atomic mass is 9.59. The molecule has 2 saturated heterocycles. The Morgan fingerprint density at radius 1 is 1.27 bits per heavy atom. The van der Waals surface area contributed by atoms with Crippen molar-refractivity contribution in [3.05, 3.63) is 18.1 Å². The summed E-state index contributed by atoms with van der Waals surface area (Å²) in [6, 6.07) is -0.380. The van der Waals surface area contributed by atoms with Crippen LogP contribution in [0.25, 0.3) is 0 Å². The molecule has 144 valence electrons. The third kappa shape index (κ3) is 3.07. The van der Waals surface area contributed by atoms with Gasteiger partial charge in [0.25, 0.3) is 0 Å². The summed E-state index contributed by atoms with van der Waals surface area (Å²) in [6.45, 7) is 6.31. The lowest BCUT2D eigenvalue weighted by molar-refractivity contribution is -0.161. The Kier molecular flexibility index (Phi) is 4.31. The van der Waals surface area contributed by atoms with Gasteiger partial charge in [0.2, 0.25) is 5.88 Å². The molecule has 1 aromatic heterocycles. The molecule has 1 amide bonds. The molecule has 0 radical (unpaired) electrons. The summed E-state index contributed by atoms with van der Waals surface area (Å²) < 4.78 is 44.2. The number of nitrogens with zero attached hydrogens (tertiary/aromatic N) is 3. The Bertz CT molecular complexity index is 687. The fourth-order valence-corrected chi connectivity index (χ4v) is 4.24. The van der Waals surface area contributed by atoms with Crippen LogP contribution in [0.5, 0.6) is 5.88 Å². The number of ether oxygens (including phenoxy) is 1. The Morgan fingerprint density at radius 2 is 1.96 bits per heavy atom.